The van der Waals surface area contributed by atoms with Crippen molar-refractivity contribution in [1.82, 2.24) is 9.71 Å². The molecule has 2 aromatic carbocycles. The first-order chi connectivity index (χ1) is 14.2. The average Bonchev–Trinajstić information content (AvgIpc) is 2.66. The minimum atomic E-state index is -3.20. The Kier molecular flexibility index (Phi) is 6.91. The van der Waals surface area contributed by atoms with Crippen LogP contribution in [-0.2, 0) is 29.4 Å². The van der Waals surface area contributed by atoms with E-state index in [0.29, 0.717) is 25.4 Å². The fraction of sp³-hybridized carbons (Fsp3) is 0.375. The van der Waals surface area contributed by atoms with Gasteiger partial charge in [0.15, 0.2) is 0 Å². The highest BCUT2D eigenvalue weighted by atomic mass is 32.2. The van der Waals surface area contributed by atoms with Crippen molar-refractivity contribution in [2.24, 2.45) is 11.7 Å². The summed E-state index contributed by atoms with van der Waals surface area (Å²) in [5.41, 5.74) is 13.9. The maximum atomic E-state index is 11.4. The number of fused-ring (bicyclic) bond motifs is 1. The van der Waals surface area contributed by atoms with Gasteiger partial charge in [-0.15, -0.1) is 0 Å². The van der Waals surface area contributed by atoms with E-state index in [9.17, 15) is 8.42 Å². The first-order valence-corrected chi connectivity index (χ1v) is 12.2. The van der Waals surface area contributed by atoms with Crippen LogP contribution in [0, 0.1) is 12.8 Å². The summed E-state index contributed by atoms with van der Waals surface area (Å²) in [5, 5.41) is 1.06. The maximum Gasteiger partial charge on any atom is 0.208 e. The van der Waals surface area contributed by atoms with Crippen molar-refractivity contribution in [2.45, 2.75) is 40.2 Å². The van der Waals surface area contributed by atoms with Crippen molar-refractivity contribution in [1.29, 1.82) is 0 Å². The Morgan fingerprint density at radius 1 is 1.10 bits per heavy atom. The second-order valence-electron chi connectivity index (χ2n) is 8.35. The van der Waals surface area contributed by atoms with Crippen molar-refractivity contribution in [3.05, 3.63) is 64.8 Å². The van der Waals surface area contributed by atoms with Gasteiger partial charge in [-0.2, -0.15) is 0 Å². The zero-order chi connectivity index (χ0) is 21.9. The molecule has 0 aliphatic carbocycles. The van der Waals surface area contributed by atoms with E-state index >= 15 is 0 Å². The largest absolute Gasteiger partial charge is 0.326 e. The molecule has 6 heteroatoms. The van der Waals surface area contributed by atoms with Gasteiger partial charge in [-0.05, 0) is 60.1 Å². The Morgan fingerprint density at radius 3 is 2.40 bits per heavy atom. The van der Waals surface area contributed by atoms with Gasteiger partial charge in [0, 0.05) is 24.2 Å². The molecule has 0 fully saturated rings. The second-order valence-corrected chi connectivity index (χ2v) is 10.2. The smallest absolute Gasteiger partial charge is 0.208 e. The maximum absolute atomic E-state index is 11.4. The Labute approximate surface area is 179 Å². The van der Waals surface area contributed by atoms with Gasteiger partial charge in [-0.25, -0.2) is 13.1 Å². The summed E-state index contributed by atoms with van der Waals surface area (Å²) in [6.45, 7) is 7.25. The monoisotopic (exact) mass is 425 g/mol. The van der Waals surface area contributed by atoms with E-state index in [1.54, 1.807) is 0 Å². The van der Waals surface area contributed by atoms with Crippen LogP contribution in [0.1, 0.15) is 36.2 Å². The predicted molar refractivity (Wildman–Crippen MR) is 125 cm³/mol. The van der Waals surface area contributed by atoms with Crippen LogP contribution in [0.5, 0.6) is 0 Å². The van der Waals surface area contributed by atoms with Crippen LogP contribution in [0.2, 0.25) is 0 Å². The number of benzene rings is 2. The number of nitrogens with two attached hydrogens (primary N) is 1. The van der Waals surface area contributed by atoms with Crippen LogP contribution in [-0.4, -0.2) is 26.2 Å². The van der Waals surface area contributed by atoms with E-state index in [4.69, 9.17) is 10.7 Å². The van der Waals surface area contributed by atoms with Crippen LogP contribution >= 0.6 is 0 Å². The molecule has 3 rings (SSSR count). The molecule has 5 nitrogen and oxygen atoms in total. The Morgan fingerprint density at radius 2 is 1.80 bits per heavy atom. The van der Waals surface area contributed by atoms with Gasteiger partial charge in [-0.3, -0.25) is 4.98 Å². The summed E-state index contributed by atoms with van der Waals surface area (Å²) in [4.78, 5) is 4.96. The lowest BCUT2D eigenvalue weighted by molar-refractivity contribution is 0.588. The van der Waals surface area contributed by atoms with Crippen molar-refractivity contribution < 1.29 is 8.42 Å². The first kappa shape index (κ1) is 22.4. The molecule has 3 N–H and O–H groups in total. The van der Waals surface area contributed by atoms with E-state index in [-0.39, 0.29) is 0 Å². The third-order valence-electron chi connectivity index (χ3n) is 5.16. The molecule has 0 aliphatic heterocycles. The van der Waals surface area contributed by atoms with Gasteiger partial charge < -0.3 is 5.73 Å². The fourth-order valence-electron chi connectivity index (χ4n) is 3.76. The topological polar surface area (TPSA) is 85.1 Å². The molecule has 0 saturated heterocycles. The number of aromatic nitrogens is 1. The normalized spacial score (nSPS) is 12.1. The summed E-state index contributed by atoms with van der Waals surface area (Å²) in [7, 11) is -3.20. The molecule has 0 radical (unpaired) electrons. The van der Waals surface area contributed by atoms with Gasteiger partial charge >= 0.3 is 0 Å². The molecule has 1 heterocycles. The van der Waals surface area contributed by atoms with E-state index in [2.05, 4.69) is 55.8 Å². The van der Waals surface area contributed by atoms with Crippen LogP contribution in [0.4, 0.5) is 0 Å². The van der Waals surface area contributed by atoms with Crippen LogP contribution in [0.3, 0.4) is 0 Å². The number of sulfonamides is 1. The molecule has 0 saturated carbocycles. The third-order valence-corrected chi connectivity index (χ3v) is 5.89. The highest BCUT2D eigenvalue weighted by molar-refractivity contribution is 7.88. The van der Waals surface area contributed by atoms with Crippen molar-refractivity contribution >= 4 is 20.9 Å². The van der Waals surface area contributed by atoms with Gasteiger partial charge in [0.05, 0.1) is 11.8 Å². The minimum absolute atomic E-state index is 0.368. The molecule has 0 atom stereocenters. The molecular weight excluding hydrogens is 394 g/mol. The summed E-state index contributed by atoms with van der Waals surface area (Å²) < 4.78 is 25.3. The summed E-state index contributed by atoms with van der Waals surface area (Å²) in [6, 6.07) is 14.7. The Hall–Kier alpha value is -2.28. The first-order valence-electron chi connectivity index (χ1n) is 10.3. The van der Waals surface area contributed by atoms with E-state index in [1.165, 1.54) is 11.8 Å². The summed E-state index contributed by atoms with van der Waals surface area (Å²) in [5.74, 6) is 0.479. The zero-order valence-corrected chi connectivity index (χ0v) is 19.0. The number of nitrogens with zero attached hydrogens (tertiary/aromatic N) is 1. The third kappa shape index (κ3) is 5.45. The highest BCUT2D eigenvalue weighted by Crippen LogP contribution is 2.34. The number of hydrogen-bond donors (Lipinski definition) is 2. The second kappa shape index (κ2) is 9.25. The number of aryl methyl sites for hydroxylation is 1. The average molecular weight is 426 g/mol. The van der Waals surface area contributed by atoms with Gasteiger partial charge in [0.1, 0.15) is 0 Å². The van der Waals surface area contributed by atoms with Gasteiger partial charge in [0.25, 0.3) is 0 Å². The molecule has 0 aliphatic rings. The van der Waals surface area contributed by atoms with Gasteiger partial charge in [0.2, 0.25) is 10.0 Å². The lowest BCUT2D eigenvalue weighted by atomic mass is 9.90. The molecule has 0 amide bonds. The van der Waals surface area contributed by atoms with Crippen molar-refractivity contribution in [3.8, 4) is 11.1 Å². The predicted octanol–water partition coefficient (Wildman–Crippen LogP) is 3.96. The minimum Gasteiger partial charge on any atom is -0.326 e. The van der Waals surface area contributed by atoms with Crippen LogP contribution in [0.25, 0.3) is 22.0 Å². The molecule has 0 bridgehead atoms. The van der Waals surface area contributed by atoms with E-state index in [1.807, 2.05) is 12.1 Å². The van der Waals surface area contributed by atoms with Gasteiger partial charge in [-0.1, -0.05) is 49.7 Å². The van der Waals surface area contributed by atoms with Crippen molar-refractivity contribution in [2.75, 3.05) is 12.8 Å². The number of rotatable bonds is 8. The molecular formula is C24H31N3O2S. The SMILES string of the molecule is Cc1ccc(-c2c(CN)c(CC(C)C)nc3ccc(CCNS(C)(=O)=O)cc23)cc1. The highest BCUT2D eigenvalue weighted by Gasteiger charge is 2.17. The lowest BCUT2D eigenvalue weighted by Gasteiger charge is -2.18. The van der Waals surface area contributed by atoms with E-state index in [0.717, 1.165) is 45.3 Å². The summed E-state index contributed by atoms with van der Waals surface area (Å²) in [6.07, 6.45) is 2.67. The van der Waals surface area contributed by atoms with Crippen LogP contribution in [0.15, 0.2) is 42.5 Å². The summed E-state index contributed by atoms with van der Waals surface area (Å²) >= 11 is 0. The fourth-order valence-corrected chi connectivity index (χ4v) is 4.24. The van der Waals surface area contributed by atoms with Crippen molar-refractivity contribution in [3.63, 3.8) is 0 Å². The molecule has 3 aromatic rings. The quantitative estimate of drug-likeness (QED) is 0.572. The molecule has 160 valence electrons. The van der Waals surface area contributed by atoms with Crippen LogP contribution < -0.4 is 10.5 Å². The number of nitrogens with one attached hydrogen (secondary N) is 1. The van der Waals surface area contributed by atoms with E-state index < -0.39 is 10.0 Å². The number of hydrogen-bond acceptors (Lipinski definition) is 4. The standard InChI is InChI=1S/C24H31N3O2S/c1-16(2)13-23-21(15-25)24(19-8-5-17(3)6-9-19)20-14-18(7-10-22(20)27-23)11-12-26-30(4,28)29/h5-10,14,16,26H,11-13,15,25H2,1-4H3. The molecule has 30 heavy (non-hydrogen) atoms. The molecule has 0 unspecified atom stereocenters. The Balaban J connectivity index is 2.16. The molecule has 1 aromatic heterocycles. The Bertz CT molecular complexity index is 1140. The number of pyridine rings is 1. The lowest BCUT2D eigenvalue weighted by Crippen LogP contribution is -2.24. The molecule has 0 spiro atoms. The zero-order valence-electron chi connectivity index (χ0n) is 18.2.